The van der Waals surface area contributed by atoms with E-state index in [1.807, 2.05) is 0 Å². The molecule has 2 heteroatoms. The molecule has 0 heterocycles. The zero-order valence-corrected chi connectivity index (χ0v) is 11.7. The van der Waals surface area contributed by atoms with Gasteiger partial charge in [-0.1, -0.05) is 32.0 Å². The highest BCUT2D eigenvalue weighted by Gasteiger charge is 2.10. The predicted octanol–water partition coefficient (Wildman–Crippen LogP) is 3.08. The van der Waals surface area contributed by atoms with E-state index >= 15 is 0 Å². The molecule has 0 saturated carbocycles. The van der Waals surface area contributed by atoms with Gasteiger partial charge in [0.1, 0.15) is 0 Å². The molecule has 1 aromatic carbocycles. The van der Waals surface area contributed by atoms with Gasteiger partial charge in [0.2, 0.25) is 0 Å². The van der Waals surface area contributed by atoms with Gasteiger partial charge < -0.3 is 10.1 Å². The maximum Gasteiger partial charge on any atom is 0.0716 e. The van der Waals surface area contributed by atoms with Crippen molar-refractivity contribution in [1.82, 2.24) is 5.32 Å². The summed E-state index contributed by atoms with van der Waals surface area (Å²) >= 11 is 0. The van der Waals surface area contributed by atoms with Crippen LogP contribution in [0.2, 0.25) is 0 Å². The fourth-order valence-corrected chi connectivity index (χ4v) is 2.47. The number of rotatable bonds is 7. The number of ether oxygens (including phenoxy) is 1. The molecule has 18 heavy (non-hydrogen) atoms. The molecule has 0 aliphatic heterocycles. The molecule has 1 aliphatic rings. The van der Waals surface area contributed by atoms with Gasteiger partial charge in [-0.25, -0.2) is 0 Å². The molecule has 2 nitrogen and oxygen atoms in total. The Morgan fingerprint density at radius 1 is 1.22 bits per heavy atom. The summed E-state index contributed by atoms with van der Waals surface area (Å²) in [6, 6.07) is 7.40. The zero-order chi connectivity index (χ0) is 12.8. The minimum Gasteiger partial charge on any atom is -0.377 e. The van der Waals surface area contributed by atoms with Crippen LogP contribution in [0.3, 0.4) is 0 Å². The summed E-state index contributed by atoms with van der Waals surface area (Å²) in [5, 5.41) is 3.40. The molecule has 0 unspecified atom stereocenters. The van der Waals surface area contributed by atoms with Crippen molar-refractivity contribution < 1.29 is 4.74 Å². The van der Waals surface area contributed by atoms with Gasteiger partial charge in [-0.3, -0.25) is 0 Å². The third kappa shape index (κ3) is 4.11. The molecule has 0 radical (unpaired) electrons. The van der Waals surface area contributed by atoms with E-state index in [0.717, 1.165) is 26.2 Å². The van der Waals surface area contributed by atoms with Crippen molar-refractivity contribution in [3.8, 4) is 0 Å². The number of benzene rings is 1. The van der Waals surface area contributed by atoms with Crippen LogP contribution in [0.25, 0.3) is 0 Å². The third-order valence-corrected chi connectivity index (χ3v) is 3.45. The van der Waals surface area contributed by atoms with E-state index in [1.165, 1.54) is 30.4 Å². The van der Waals surface area contributed by atoms with Crippen molar-refractivity contribution in [2.45, 2.75) is 52.2 Å². The van der Waals surface area contributed by atoms with Crippen LogP contribution in [0.4, 0.5) is 0 Å². The lowest BCUT2D eigenvalue weighted by Gasteiger charge is -2.09. The van der Waals surface area contributed by atoms with Crippen molar-refractivity contribution in [3.63, 3.8) is 0 Å². The molecule has 1 aromatic rings. The summed E-state index contributed by atoms with van der Waals surface area (Å²) < 4.78 is 5.72. The highest BCUT2D eigenvalue weighted by Crippen LogP contribution is 2.23. The number of hydrogen-bond donors (Lipinski definition) is 1. The molecule has 0 atom stereocenters. The van der Waals surface area contributed by atoms with E-state index in [9.17, 15) is 0 Å². The first-order valence-corrected chi connectivity index (χ1v) is 7.17. The Bertz CT molecular complexity index is 373. The standard InChI is InChI=1S/C16H25NO/c1-13(2)17-9-4-10-18-12-14-7-8-15-5-3-6-16(15)11-14/h7-8,11,13,17H,3-6,9-10,12H2,1-2H3. The van der Waals surface area contributed by atoms with Crippen molar-refractivity contribution in [2.24, 2.45) is 0 Å². The van der Waals surface area contributed by atoms with E-state index in [-0.39, 0.29) is 0 Å². The molecule has 100 valence electrons. The lowest BCUT2D eigenvalue weighted by Crippen LogP contribution is -2.24. The first-order chi connectivity index (χ1) is 8.75. The summed E-state index contributed by atoms with van der Waals surface area (Å²) in [6.07, 6.45) is 4.92. The molecular formula is C16H25NO. The average Bonchev–Trinajstić information content (AvgIpc) is 2.80. The molecule has 1 aliphatic carbocycles. The normalized spacial score (nSPS) is 14.2. The van der Waals surface area contributed by atoms with E-state index in [0.29, 0.717) is 6.04 Å². The highest BCUT2D eigenvalue weighted by molar-refractivity contribution is 5.34. The minimum absolute atomic E-state index is 0.571. The molecule has 0 fully saturated rings. The van der Waals surface area contributed by atoms with E-state index < -0.39 is 0 Å². The van der Waals surface area contributed by atoms with E-state index in [1.54, 1.807) is 5.56 Å². The number of aryl methyl sites for hydroxylation is 2. The number of nitrogens with one attached hydrogen (secondary N) is 1. The second-order valence-corrected chi connectivity index (χ2v) is 5.47. The fraction of sp³-hybridized carbons (Fsp3) is 0.625. The summed E-state index contributed by atoms with van der Waals surface area (Å²) in [7, 11) is 0. The van der Waals surface area contributed by atoms with Crippen LogP contribution < -0.4 is 5.32 Å². The van der Waals surface area contributed by atoms with E-state index in [2.05, 4.69) is 37.4 Å². The summed E-state index contributed by atoms with van der Waals surface area (Å²) in [4.78, 5) is 0. The topological polar surface area (TPSA) is 21.3 Å². The smallest absolute Gasteiger partial charge is 0.0716 e. The quantitative estimate of drug-likeness (QED) is 0.748. The molecule has 0 amide bonds. The second kappa shape index (κ2) is 6.91. The van der Waals surface area contributed by atoms with Crippen LogP contribution >= 0.6 is 0 Å². The molecule has 0 spiro atoms. The lowest BCUT2D eigenvalue weighted by molar-refractivity contribution is 0.118. The average molecular weight is 247 g/mol. The molecule has 0 bridgehead atoms. The SMILES string of the molecule is CC(C)NCCCOCc1ccc2c(c1)CCC2. The Morgan fingerprint density at radius 3 is 2.89 bits per heavy atom. The Balaban J connectivity index is 1.65. The van der Waals surface area contributed by atoms with Gasteiger partial charge in [-0.2, -0.15) is 0 Å². The maximum absolute atomic E-state index is 5.72. The minimum atomic E-state index is 0.571. The van der Waals surface area contributed by atoms with Crippen molar-refractivity contribution in [2.75, 3.05) is 13.2 Å². The van der Waals surface area contributed by atoms with Crippen molar-refractivity contribution in [3.05, 3.63) is 34.9 Å². The Hall–Kier alpha value is -0.860. The van der Waals surface area contributed by atoms with Crippen LogP contribution in [-0.2, 0) is 24.2 Å². The monoisotopic (exact) mass is 247 g/mol. The third-order valence-electron chi connectivity index (χ3n) is 3.45. The maximum atomic E-state index is 5.72. The first-order valence-electron chi connectivity index (χ1n) is 7.17. The molecule has 2 rings (SSSR count). The largest absolute Gasteiger partial charge is 0.377 e. The number of hydrogen-bond acceptors (Lipinski definition) is 2. The van der Waals surface area contributed by atoms with Crippen LogP contribution in [-0.4, -0.2) is 19.2 Å². The van der Waals surface area contributed by atoms with Crippen molar-refractivity contribution >= 4 is 0 Å². The number of fused-ring (bicyclic) bond motifs is 1. The van der Waals surface area contributed by atoms with Crippen LogP contribution in [0, 0.1) is 0 Å². The summed E-state index contributed by atoms with van der Waals surface area (Å²) in [5.41, 5.74) is 4.41. The Labute approximate surface area is 111 Å². The first kappa shape index (κ1) is 13.6. The Morgan fingerprint density at radius 2 is 2.06 bits per heavy atom. The van der Waals surface area contributed by atoms with Gasteiger partial charge >= 0.3 is 0 Å². The predicted molar refractivity (Wildman–Crippen MR) is 75.9 cm³/mol. The van der Waals surface area contributed by atoms with Crippen LogP contribution in [0.1, 0.15) is 43.4 Å². The van der Waals surface area contributed by atoms with Crippen LogP contribution in [0.5, 0.6) is 0 Å². The molecule has 0 saturated heterocycles. The molecule has 1 N–H and O–H groups in total. The van der Waals surface area contributed by atoms with Gasteiger partial charge in [-0.05, 0) is 48.9 Å². The summed E-state index contributed by atoms with van der Waals surface area (Å²) in [6.45, 7) is 6.99. The lowest BCUT2D eigenvalue weighted by atomic mass is 10.1. The van der Waals surface area contributed by atoms with Gasteiger partial charge in [0.25, 0.3) is 0 Å². The van der Waals surface area contributed by atoms with Gasteiger partial charge in [0.15, 0.2) is 0 Å². The van der Waals surface area contributed by atoms with Gasteiger partial charge in [-0.15, -0.1) is 0 Å². The Kier molecular flexibility index (Phi) is 5.21. The highest BCUT2D eigenvalue weighted by atomic mass is 16.5. The van der Waals surface area contributed by atoms with Gasteiger partial charge in [0, 0.05) is 12.6 Å². The summed E-state index contributed by atoms with van der Waals surface area (Å²) in [5.74, 6) is 0. The van der Waals surface area contributed by atoms with E-state index in [4.69, 9.17) is 4.74 Å². The van der Waals surface area contributed by atoms with Gasteiger partial charge in [0.05, 0.1) is 6.61 Å². The zero-order valence-electron chi connectivity index (χ0n) is 11.7. The van der Waals surface area contributed by atoms with Crippen LogP contribution in [0.15, 0.2) is 18.2 Å². The van der Waals surface area contributed by atoms with Crippen molar-refractivity contribution in [1.29, 1.82) is 0 Å². The fourth-order valence-electron chi connectivity index (χ4n) is 2.47. The second-order valence-electron chi connectivity index (χ2n) is 5.47. The molecule has 0 aromatic heterocycles. The molecular weight excluding hydrogens is 222 g/mol.